The Balaban J connectivity index is 0.962. The topological polar surface area (TPSA) is 44.2 Å². The van der Waals surface area contributed by atoms with Gasteiger partial charge in [-0.15, -0.1) is 0 Å². The third-order valence-electron chi connectivity index (χ3n) is 12.2. The summed E-state index contributed by atoms with van der Waals surface area (Å²) in [6.07, 6.45) is 0. The maximum absolute atomic E-state index is 7.04. The van der Waals surface area contributed by atoms with Crippen molar-refractivity contribution in [2.45, 2.75) is 5.41 Å². The van der Waals surface area contributed by atoms with Crippen molar-refractivity contribution in [3.05, 3.63) is 241 Å². The summed E-state index contributed by atoms with van der Waals surface area (Å²) in [5, 5.41) is 2.27. The molecule has 4 heteroatoms. The predicted molar refractivity (Wildman–Crippen MR) is 245 cm³/mol. The SMILES string of the molecule is c1ccc(-c2cc(-c3cccc(-c4ccc5c(c4)Oc4c(ccc6c4-c4ccccc4C6(c4ccccc4)c4ccccc4)O5)c3)nc(-c3cccc4ccccc34)n2)cc1. The quantitative estimate of drug-likeness (QED) is 0.169. The minimum absolute atomic E-state index is 0.537. The first-order chi connectivity index (χ1) is 30.2. The number of fused-ring (bicyclic) bond motifs is 7. The van der Waals surface area contributed by atoms with Gasteiger partial charge in [-0.1, -0.05) is 188 Å². The van der Waals surface area contributed by atoms with Crippen LogP contribution in [0.2, 0.25) is 0 Å². The van der Waals surface area contributed by atoms with E-state index in [1.165, 1.54) is 22.3 Å². The van der Waals surface area contributed by atoms with E-state index in [1.54, 1.807) is 0 Å². The molecule has 2 heterocycles. The molecule has 0 bridgehead atoms. The highest BCUT2D eigenvalue weighted by Crippen LogP contribution is 2.62. The van der Waals surface area contributed by atoms with Crippen LogP contribution < -0.4 is 9.47 Å². The molecule has 12 rings (SSSR count). The molecule has 1 aromatic heterocycles. The summed E-state index contributed by atoms with van der Waals surface area (Å²) in [6, 6.07) is 76.5. The maximum atomic E-state index is 7.04. The number of hydrogen-bond acceptors (Lipinski definition) is 4. The second-order valence-electron chi connectivity index (χ2n) is 15.6. The summed E-state index contributed by atoms with van der Waals surface area (Å²) < 4.78 is 13.7. The van der Waals surface area contributed by atoms with Crippen molar-refractivity contribution in [1.82, 2.24) is 9.97 Å². The molecule has 1 aliphatic heterocycles. The van der Waals surface area contributed by atoms with E-state index in [-0.39, 0.29) is 0 Å². The van der Waals surface area contributed by atoms with Crippen molar-refractivity contribution in [2.24, 2.45) is 0 Å². The first-order valence-electron chi connectivity index (χ1n) is 20.6. The summed E-state index contributed by atoms with van der Waals surface area (Å²) >= 11 is 0. The number of ether oxygens (including phenoxy) is 2. The van der Waals surface area contributed by atoms with E-state index < -0.39 is 5.41 Å². The summed E-state index contributed by atoms with van der Waals surface area (Å²) in [5.41, 5.74) is 13.2. The van der Waals surface area contributed by atoms with Crippen molar-refractivity contribution < 1.29 is 9.47 Å². The van der Waals surface area contributed by atoms with Crippen LogP contribution in [0.4, 0.5) is 0 Å². The van der Waals surface area contributed by atoms with Gasteiger partial charge in [-0.05, 0) is 80.0 Å². The Bertz CT molecular complexity index is 3260. The molecule has 0 spiro atoms. The van der Waals surface area contributed by atoms with Gasteiger partial charge in [0.25, 0.3) is 0 Å². The Kier molecular flexibility index (Phi) is 8.04. The molecule has 10 aromatic rings. The van der Waals surface area contributed by atoms with Gasteiger partial charge >= 0.3 is 0 Å². The fraction of sp³-hybridized carbons (Fsp3) is 0.0175. The van der Waals surface area contributed by atoms with E-state index >= 15 is 0 Å². The molecule has 0 fully saturated rings. The Morgan fingerprint density at radius 2 is 0.951 bits per heavy atom. The van der Waals surface area contributed by atoms with Gasteiger partial charge in [0.1, 0.15) is 0 Å². The van der Waals surface area contributed by atoms with E-state index in [1.807, 2.05) is 24.3 Å². The molecule has 61 heavy (non-hydrogen) atoms. The molecule has 0 radical (unpaired) electrons. The van der Waals surface area contributed by atoms with Crippen LogP contribution in [-0.2, 0) is 5.41 Å². The standard InChI is InChI=1S/C57H36N2O2/c1-4-17-38(18-5-1)49-36-50(59-56(58-49)45-28-15-19-37-16-10-11-26-44(37)45)41-21-14-20-39(34-41)40-30-32-51-53(35-40)61-55-52(60-51)33-31-48-54(55)46-27-12-13-29-47(46)57(48,42-22-6-2-7-23-42)43-24-8-3-9-25-43/h1-36H. The molecule has 286 valence electrons. The molecule has 0 atom stereocenters. The summed E-state index contributed by atoms with van der Waals surface area (Å²) in [5.74, 6) is 3.47. The number of aromatic nitrogens is 2. The van der Waals surface area contributed by atoms with Gasteiger partial charge in [-0.2, -0.15) is 0 Å². The van der Waals surface area contributed by atoms with E-state index in [0.29, 0.717) is 23.1 Å². The molecule has 9 aromatic carbocycles. The van der Waals surface area contributed by atoms with Gasteiger partial charge in [0, 0.05) is 22.3 Å². The Morgan fingerprint density at radius 1 is 0.361 bits per heavy atom. The summed E-state index contributed by atoms with van der Waals surface area (Å²) in [4.78, 5) is 10.4. The van der Waals surface area contributed by atoms with Gasteiger partial charge < -0.3 is 9.47 Å². The molecule has 1 aliphatic carbocycles. The molecular formula is C57H36N2O2. The molecule has 0 saturated heterocycles. The van der Waals surface area contributed by atoms with Crippen molar-refractivity contribution in [2.75, 3.05) is 0 Å². The average molecular weight is 781 g/mol. The van der Waals surface area contributed by atoms with Crippen LogP contribution in [0, 0.1) is 0 Å². The lowest BCUT2D eigenvalue weighted by Crippen LogP contribution is -2.28. The zero-order valence-corrected chi connectivity index (χ0v) is 33.0. The van der Waals surface area contributed by atoms with Crippen LogP contribution in [0.15, 0.2) is 218 Å². The Morgan fingerprint density at radius 3 is 1.75 bits per heavy atom. The fourth-order valence-corrected chi connectivity index (χ4v) is 9.49. The van der Waals surface area contributed by atoms with Gasteiger partial charge in [0.2, 0.25) is 0 Å². The summed E-state index contributed by atoms with van der Waals surface area (Å²) in [7, 11) is 0. The normalized spacial score (nSPS) is 13.0. The predicted octanol–water partition coefficient (Wildman–Crippen LogP) is 14.6. The largest absolute Gasteiger partial charge is 0.449 e. The van der Waals surface area contributed by atoms with Gasteiger partial charge in [0.05, 0.1) is 16.8 Å². The highest BCUT2D eigenvalue weighted by atomic mass is 16.6. The minimum atomic E-state index is -0.537. The van der Waals surface area contributed by atoms with Crippen LogP contribution in [0.3, 0.4) is 0 Å². The van der Waals surface area contributed by atoms with Gasteiger partial charge in [0.15, 0.2) is 28.8 Å². The van der Waals surface area contributed by atoms with E-state index in [2.05, 4.69) is 194 Å². The maximum Gasteiger partial charge on any atom is 0.178 e. The lowest BCUT2D eigenvalue weighted by Gasteiger charge is -2.34. The highest BCUT2D eigenvalue weighted by Gasteiger charge is 2.48. The smallest absolute Gasteiger partial charge is 0.178 e. The van der Waals surface area contributed by atoms with Crippen molar-refractivity contribution in [3.63, 3.8) is 0 Å². The molecule has 0 amide bonds. The number of benzene rings is 9. The first kappa shape index (κ1) is 34.9. The second-order valence-corrected chi connectivity index (χ2v) is 15.6. The molecule has 2 aliphatic rings. The van der Waals surface area contributed by atoms with E-state index in [9.17, 15) is 0 Å². The van der Waals surface area contributed by atoms with Crippen LogP contribution in [0.1, 0.15) is 22.3 Å². The first-order valence-corrected chi connectivity index (χ1v) is 20.6. The van der Waals surface area contributed by atoms with Crippen molar-refractivity contribution in [1.29, 1.82) is 0 Å². The van der Waals surface area contributed by atoms with Gasteiger partial charge in [-0.3, -0.25) is 0 Å². The highest BCUT2D eigenvalue weighted by molar-refractivity contribution is 5.96. The van der Waals surface area contributed by atoms with Crippen LogP contribution in [0.5, 0.6) is 23.0 Å². The average Bonchev–Trinajstić information content (AvgIpc) is 3.65. The van der Waals surface area contributed by atoms with Crippen molar-refractivity contribution >= 4 is 10.8 Å². The molecule has 0 N–H and O–H groups in total. The third-order valence-corrected chi connectivity index (χ3v) is 12.2. The molecule has 0 saturated carbocycles. The van der Waals surface area contributed by atoms with Crippen LogP contribution in [-0.4, -0.2) is 9.97 Å². The molecular weight excluding hydrogens is 745 g/mol. The Hall–Kier alpha value is -8.08. The van der Waals surface area contributed by atoms with Crippen LogP contribution >= 0.6 is 0 Å². The second kappa shape index (κ2) is 14.0. The minimum Gasteiger partial charge on any atom is -0.449 e. The Labute approximate surface area is 354 Å². The number of rotatable bonds is 6. The number of nitrogens with zero attached hydrogens (tertiary/aromatic N) is 2. The zero-order chi connectivity index (χ0) is 40.3. The summed E-state index contributed by atoms with van der Waals surface area (Å²) in [6.45, 7) is 0. The number of hydrogen-bond donors (Lipinski definition) is 0. The third kappa shape index (κ3) is 5.61. The van der Waals surface area contributed by atoms with Crippen LogP contribution in [0.25, 0.3) is 66.9 Å². The van der Waals surface area contributed by atoms with Crippen molar-refractivity contribution in [3.8, 4) is 79.2 Å². The van der Waals surface area contributed by atoms with Gasteiger partial charge in [-0.25, -0.2) is 9.97 Å². The molecule has 0 unspecified atom stereocenters. The zero-order valence-electron chi connectivity index (χ0n) is 33.0. The van der Waals surface area contributed by atoms with E-state index in [4.69, 9.17) is 19.4 Å². The lowest BCUT2D eigenvalue weighted by atomic mass is 9.68. The molecule has 4 nitrogen and oxygen atoms in total. The monoisotopic (exact) mass is 780 g/mol. The lowest BCUT2D eigenvalue weighted by molar-refractivity contribution is 0.360. The van der Waals surface area contributed by atoms with E-state index in [0.717, 1.165) is 66.9 Å². The fourth-order valence-electron chi connectivity index (χ4n) is 9.49.